The van der Waals surface area contributed by atoms with Gasteiger partial charge in [-0.15, -0.1) is 0 Å². The van der Waals surface area contributed by atoms with Crippen molar-refractivity contribution in [2.75, 3.05) is 13.1 Å². The first-order valence-corrected chi connectivity index (χ1v) is 9.35. The van der Waals surface area contributed by atoms with Crippen molar-refractivity contribution < 1.29 is 14.0 Å². The van der Waals surface area contributed by atoms with Gasteiger partial charge in [-0.25, -0.2) is 0 Å². The molecule has 2 heterocycles. The second-order valence-electron chi connectivity index (χ2n) is 6.78. The molecule has 1 fully saturated rings. The van der Waals surface area contributed by atoms with Crippen molar-refractivity contribution in [2.45, 2.75) is 45.1 Å². The molecule has 0 unspecified atom stereocenters. The summed E-state index contributed by atoms with van der Waals surface area (Å²) in [6, 6.07) is 12.0. The summed E-state index contributed by atoms with van der Waals surface area (Å²) < 4.78 is 5.17. The van der Waals surface area contributed by atoms with Crippen LogP contribution in [-0.2, 0) is 17.6 Å². The van der Waals surface area contributed by atoms with Gasteiger partial charge in [0, 0.05) is 25.6 Å². The maximum Gasteiger partial charge on any atom is 0.289 e. The summed E-state index contributed by atoms with van der Waals surface area (Å²) in [6.07, 6.45) is 5.35. The van der Waals surface area contributed by atoms with E-state index in [0.717, 1.165) is 25.7 Å². The molecule has 3 rings (SSSR count). The van der Waals surface area contributed by atoms with Gasteiger partial charge in [0.1, 0.15) is 0 Å². The highest BCUT2D eigenvalue weighted by atomic mass is 16.3. The van der Waals surface area contributed by atoms with E-state index in [2.05, 4.69) is 36.5 Å². The Kier molecular flexibility index (Phi) is 6.10. The number of benzene rings is 1. The lowest BCUT2D eigenvalue weighted by Gasteiger charge is -2.31. The number of hydrogen-bond acceptors (Lipinski definition) is 3. The molecule has 1 aliphatic rings. The zero-order valence-corrected chi connectivity index (χ0v) is 15.2. The van der Waals surface area contributed by atoms with E-state index in [1.54, 1.807) is 17.0 Å². The van der Waals surface area contributed by atoms with E-state index in [9.17, 15) is 9.59 Å². The molecule has 138 valence electrons. The van der Waals surface area contributed by atoms with Crippen molar-refractivity contribution in [2.24, 2.45) is 0 Å². The van der Waals surface area contributed by atoms with Crippen LogP contribution in [0.3, 0.4) is 0 Å². The van der Waals surface area contributed by atoms with Crippen LogP contribution in [0, 0.1) is 0 Å². The topological polar surface area (TPSA) is 62.6 Å². The summed E-state index contributed by atoms with van der Waals surface area (Å²) in [7, 11) is 0. The third-order valence-electron chi connectivity index (χ3n) is 4.95. The fraction of sp³-hybridized carbons (Fsp3) is 0.429. The van der Waals surface area contributed by atoms with Crippen molar-refractivity contribution in [3.05, 3.63) is 59.5 Å². The molecular weight excluding hydrogens is 328 g/mol. The molecule has 1 aromatic heterocycles. The smallest absolute Gasteiger partial charge is 0.289 e. The molecule has 0 radical (unpaired) electrons. The van der Waals surface area contributed by atoms with E-state index in [4.69, 9.17) is 4.42 Å². The molecule has 1 saturated heterocycles. The molecule has 0 spiro atoms. The third kappa shape index (κ3) is 4.75. The first kappa shape index (κ1) is 18.2. The number of nitrogens with one attached hydrogen (secondary N) is 1. The van der Waals surface area contributed by atoms with Crippen LogP contribution < -0.4 is 5.32 Å². The zero-order chi connectivity index (χ0) is 18.4. The van der Waals surface area contributed by atoms with Crippen molar-refractivity contribution in [3.8, 4) is 0 Å². The predicted octanol–water partition coefficient (Wildman–Crippen LogP) is 3.20. The number of likely N-dealkylation sites (tertiary alicyclic amines) is 1. The molecule has 2 aromatic rings. The molecule has 0 aliphatic carbocycles. The Bertz CT molecular complexity index is 714. The summed E-state index contributed by atoms with van der Waals surface area (Å²) in [5.74, 6) is 0.386. The van der Waals surface area contributed by atoms with Crippen LogP contribution in [0.2, 0.25) is 0 Å². The SMILES string of the molecule is CCc1ccc(CCC(=O)NC2CCN(C(=O)c3ccco3)CC2)cc1. The summed E-state index contributed by atoms with van der Waals surface area (Å²) in [6.45, 7) is 3.42. The summed E-state index contributed by atoms with van der Waals surface area (Å²) >= 11 is 0. The van der Waals surface area contributed by atoms with Gasteiger partial charge in [-0.05, 0) is 48.9 Å². The van der Waals surface area contributed by atoms with Gasteiger partial charge in [0.2, 0.25) is 5.91 Å². The van der Waals surface area contributed by atoms with E-state index < -0.39 is 0 Å². The van der Waals surface area contributed by atoms with E-state index in [1.807, 2.05) is 0 Å². The largest absolute Gasteiger partial charge is 0.459 e. The Morgan fingerprint density at radius 2 is 1.81 bits per heavy atom. The highest BCUT2D eigenvalue weighted by Crippen LogP contribution is 2.15. The van der Waals surface area contributed by atoms with Gasteiger partial charge in [-0.2, -0.15) is 0 Å². The predicted molar refractivity (Wildman–Crippen MR) is 99.9 cm³/mol. The van der Waals surface area contributed by atoms with Crippen LogP contribution >= 0.6 is 0 Å². The zero-order valence-electron chi connectivity index (χ0n) is 15.2. The minimum Gasteiger partial charge on any atom is -0.459 e. The van der Waals surface area contributed by atoms with Crippen molar-refractivity contribution >= 4 is 11.8 Å². The van der Waals surface area contributed by atoms with Gasteiger partial charge in [0.05, 0.1) is 6.26 Å². The maximum absolute atomic E-state index is 12.2. The standard InChI is InChI=1S/C21H26N2O3/c1-2-16-5-7-17(8-6-16)9-10-20(24)22-18-11-13-23(14-12-18)21(25)19-4-3-15-26-19/h3-8,15,18H,2,9-14H2,1H3,(H,22,24). The lowest BCUT2D eigenvalue weighted by Crippen LogP contribution is -2.46. The van der Waals surface area contributed by atoms with Gasteiger partial charge < -0.3 is 14.6 Å². The summed E-state index contributed by atoms with van der Waals surface area (Å²) in [5, 5.41) is 3.11. The first-order chi connectivity index (χ1) is 12.7. The molecule has 1 aliphatic heterocycles. The number of carbonyl (C=O) groups is 2. The molecule has 0 bridgehead atoms. The van der Waals surface area contributed by atoms with E-state index in [0.29, 0.717) is 25.3 Å². The normalized spacial score (nSPS) is 15.0. The van der Waals surface area contributed by atoms with Crippen LogP contribution in [0.15, 0.2) is 47.1 Å². The van der Waals surface area contributed by atoms with Crippen molar-refractivity contribution in [1.82, 2.24) is 10.2 Å². The highest BCUT2D eigenvalue weighted by Gasteiger charge is 2.25. The Morgan fingerprint density at radius 3 is 2.42 bits per heavy atom. The number of hydrogen-bond donors (Lipinski definition) is 1. The van der Waals surface area contributed by atoms with Crippen LogP contribution in [0.5, 0.6) is 0 Å². The Labute approximate surface area is 154 Å². The average Bonchev–Trinajstić information content (AvgIpc) is 3.21. The molecular formula is C21H26N2O3. The quantitative estimate of drug-likeness (QED) is 0.866. The van der Waals surface area contributed by atoms with E-state index in [-0.39, 0.29) is 17.9 Å². The Morgan fingerprint density at radius 1 is 1.12 bits per heavy atom. The maximum atomic E-state index is 12.2. The van der Waals surface area contributed by atoms with Gasteiger partial charge in [0.15, 0.2) is 5.76 Å². The lowest BCUT2D eigenvalue weighted by atomic mass is 10.0. The molecule has 0 saturated carbocycles. The van der Waals surface area contributed by atoms with E-state index in [1.165, 1.54) is 17.4 Å². The monoisotopic (exact) mass is 354 g/mol. The average molecular weight is 354 g/mol. The molecule has 0 atom stereocenters. The van der Waals surface area contributed by atoms with E-state index >= 15 is 0 Å². The fourth-order valence-corrected chi connectivity index (χ4v) is 3.28. The molecule has 1 N–H and O–H groups in total. The summed E-state index contributed by atoms with van der Waals surface area (Å²) in [5.41, 5.74) is 2.50. The molecule has 5 nitrogen and oxygen atoms in total. The lowest BCUT2D eigenvalue weighted by molar-refractivity contribution is -0.122. The molecule has 5 heteroatoms. The molecule has 26 heavy (non-hydrogen) atoms. The van der Waals surface area contributed by atoms with Crippen LogP contribution in [-0.4, -0.2) is 35.8 Å². The number of nitrogens with zero attached hydrogens (tertiary/aromatic N) is 1. The highest BCUT2D eigenvalue weighted by molar-refractivity contribution is 5.91. The van der Waals surface area contributed by atoms with Crippen LogP contribution in [0.4, 0.5) is 0 Å². The van der Waals surface area contributed by atoms with Crippen LogP contribution in [0.1, 0.15) is 47.9 Å². The van der Waals surface area contributed by atoms with Crippen molar-refractivity contribution in [1.29, 1.82) is 0 Å². The number of amides is 2. The number of piperidine rings is 1. The van der Waals surface area contributed by atoms with Crippen LogP contribution in [0.25, 0.3) is 0 Å². The number of aryl methyl sites for hydroxylation is 2. The first-order valence-electron chi connectivity index (χ1n) is 9.35. The Hall–Kier alpha value is -2.56. The van der Waals surface area contributed by atoms with Gasteiger partial charge in [0.25, 0.3) is 5.91 Å². The fourth-order valence-electron chi connectivity index (χ4n) is 3.28. The minimum absolute atomic E-state index is 0.0738. The van der Waals surface area contributed by atoms with Crippen molar-refractivity contribution in [3.63, 3.8) is 0 Å². The molecule has 1 aromatic carbocycles. The second kappa shape index (κ2) is 8.70. The third-order valence-corrected chi connectivity index (χ3v) is 4.95. The Balaban J connectivity index is 1.39. The van der Waals surface area contributed by atoms with Gasteiger partial charge in [-0.1, -0.05) is 31.2 Å². The van der Waals surface area contributed by atoms with Gasteiger partial charge >= 0.3 is 0 Å². The summed E-state index contributed by atoms with van der Waals surface area (Å²) in [4.78, 5) is 26.2. The number of carbonyl (C=O) groups excluding carboxylic acids is 2. The number of rotatable bonds is 6. The minimum atomic E-state index is -0.0738. The number of furan rings is 1. The molecule has 2 amide bonds. The van der Waals surface area contributed by atoms with Gasteiger partial charge in [-0.3, -0.25) is 9.59 Å². The second-order valence-corrected chi connectivity index (χ2v) is 6.78.